The standard InChI is InChI=1S/C14H16ClN3O/c1-9-3-2-4-11-14(9)17-12(7-15)18(11)8-13(19)16-10-5-6-10/h2-4,10H,5-8H2,1H3,(H,16,19). The first-order valence-electron chi connectivity index (χ1n) is 6.49. The van der Waals surface area contributed by atoms with Crippen molar-refractivity contribution < 1.29 is 4.79 Å². The Morgan fingerprint density at radius 1 is 1.53 bits per heavy atom. The van der Waals surface area contributed by atoms with Crippen LogP contribution in [0.4, 0.5) is 0 Å². The Balaban J connectivity index is 1.95. The minimum Gasteiger partial charge on any atom is -0.352 e. The van der Waals surface area contributed by atoms with Gasteiger partial charge in [0.1, 0.15) is 12.4 Å². The lowest BCUT2D eigenvalue weighted by Gasteiger charge is -2.08. The molecule has 1 aromatic carbocycles. The molecule has 5 heteroatoms. The van der Waals surface area contributed by atoms with Gasteiger partial charge in [0.15, 0.2) is 0 Å². The van der Waals surface area contributed by atoms with E-state index < -0.39 is 0 Å². The van der Waals surface area contributed by atoms with Gasteiger partial charge in [-0.1, -0.05) is 12.1 Å². The highest BCUT2D eigenvalue weighted by molar-refractivity contribution is 6.16. The predicted molar refractivity (Wildman–Crippen MR) is 75.2 cm³/mol. The number of nitrogens with zero attached hydrogens (tertiary/aromatic N) is 2. The Morgan fingerprint density at radius 2 is 2.32 bits per heavy atom. The summed E-state index contributed by atoms with van der Waals surface area (Å²) in [6.45, 7) is 2.31. The number of para-hydroxylation sites is 1. The van der Waals surface area contributed by atoms with Crippen molar-refractivity contribution in [2.75, 3.05) is 0 Å². The van der Waals surface area contributed by atoms with Crippen LogP contribution in [-0.2, 0) is 17.2 Å². The lowest BCUT2D eigenvalue weighted by molar-refractivity contribution is -0.121. The Kier molecular flexibility index (Phi) is 3.19. The van der Waals surface area contributed by atoms with Crippen LogP contribution < -0.4 is 5.32 Å². The zero-order valence-corrected chi connectivity index (χ0v) is 11.6. The summed E-state index contributed by atoms with van der Waals surface area (Å²) in [6.07, 6.45) is 2.19. The van der Waals surface area contributed by atoms with Gasteiger partial charge in [0.25, 0.3) is 0 Å². The van der Waals surface area contributed by atoms with E-state index in [4.69, 9.17) is 11.6 Å². The van der Waals surface area contributed by atoms with Crippen LogP contribution >= 0.6 is 11.6 Å². The number of alkyl halides is 1. The van der Waals surface area contributed by atoms with Crippen molar-refractivity contribution in [3.63, 3.8) is 0 Å². The molecule has 3 rings (SSSR count). The number of aromatic nitrogens is 2. The number of amides is 1. The first kappa shape index (κ1) is 12.5. The molecule has 2 aromatic rings. The van der Waals surface area contributed by atoms with Crippen LogP contribution in [-0.4, -0.2) is 21.5 Å². The number of nitrogens with one attached hydrogen (secondary N) is 1. The number of carbonyl (C=O) groups is 1. The first-order chi connectivity index (χ1) is 9.19. The minimum atomic E-state index is 0.0367. The topological polar surface area (TPSA) is 46.9 Å². The van der Waals surface area contributed by atoms with E-state index in [1.54, 1.807) is 0 Å². The lowest BCUT2D eigenvalue weighted by atomic mass is 10.2. The monoisotopic (exact) mass is 277 g/mol. The lowest BCUT2D eigenvalue weighted by Crippen LogP contribution is -2.29. The fourth-order valence-corrected chi connectivity index (χ4v) is 2.46. The summed E-state index contributed by atoms with van der Waals surface area (Å²) in [5, 5.41) is 2.99. The number of aryl methyl sites for hydroxylation is 1. The van der Waals surface area contributed by atoms with E-state index in [2.05, 4.69) is 10.3 Å². The van der Waals surface area contributed by atoms with E-state index in [9.17, 15) is 4.79 Å². The highest BCUT2D eigenvalue weighted by Gasteiger charge is 2.24. The molecule has 0 unspecified atom stereocenters. The predicted octanol–water partition coefficient (Wildman–Crippen LogP) is 2.36. The second-order valence-electron chi connectivity index (χ2n) is 5.03. The van der Waals surface area contributed by atoms with Crippen molar-refractivity contribution in [1.82, 2.24) is 14.9 Å². The van der Waals surface area contributed by atoms with E-state index in [-0.39, 0.29) is 5.91 Å². The van der Waals surface area contributed by atoms with Crippen molar-refractivity contribution in [3.8, 4) is 0 Å². The summed E-state index contributed by atoms with van der Waals surface area (Å²) in [7, 11) is 0. The highest BCUT2D eigenvalue weighted by atomic mass is 35.5. The number of hydrogen-bond donors (Lipinski definition) is 1. The number of benzene rings is 1. The van der Waals surface area contributed by atoms with E-state index in [1.807, 2.05) is 29.7 Å². The number of halogens is 1. The van der Waals surface area contributed by atoms with Gasteiger partial charge in [-0.25, -0.2) is 4.98 Å². The van der Waals surface area contributed by atoms with Gasteiger partial charge in [0.2, 0.25) is 5.91 Å². The maximum absolute atomic E-state index is 12.0. The molecule has 1 heterocycles. The molecule has 100 valence electrons. The molecule has 0 radical (unpaired) electrons. The number of hydrogen-bond acceptors (Lipinski definition) is 2. The number of rotatable bonds is 4. The van der Waals surface area contributed by atoms with E-state index in [1.165, 1.54) is 0 Å². The number of carbonyl (C=O) groups excluding carboxylic acids is 1. The van der Waals surface area contributed by atoms with Crippen LogP contribution in [0.15, 0.2) is 18.2 Å². The largest absolute Gasteiger partial charge is 0.352 e. The number of imidazole rings is 1. The van der Waals surface area contributed by atoms with Gasteiger partial charge in [-0.15, -0.1) is 11.6 Å². The van der Waals surface area contributed by atoms with Gasteiger partial charge in [-0.05, 0) is 31.4 Å². The smallest absolute Gasteiger partial charge is 0.240 e. The summed E-state index contributed by atoms with van der Waals surface area (Å²) in [4.78, 5) is 16.5. The SMILES string of the molecule is Cc1cccc2c1nc(CCl)n2CC(=O)NC1CC1. The summed E-state index contributed by atoms with van der Waals surface area (Å²) < 4.78 is 1.91. The second-order valence-corrected chi connectivity index (χ2v) is 5.30. The van der Waals surface area contributed by atoms with Gasteiger partial charge in [-0.2, -0.15) is 0 Å². The Morgan fingerprint density at radius 3 is 3.00 bits per heavy atom. The molecular weight excluding hydrogens is 262 g/mol. The molecule has 19 heavy (non-hydrogen) atoms. The van der Waals surface area contributed by atoms with Gasteiger partial charge < -0.3 is 9.88 Å². The second kappa shape index (κ2) is 4.85. The van der Waals surface area contributed by atoms with Crippen LogP contribution in [0.2, 0.25) is 0 Å². The van der Waals surface area contributed by atoms with Crippen molar-refractivity contribution in [3.05, 3.63) is 29.6 Å². The molecule has 0 bridgehead atoms. The maximum Gasteiger partial charge on any atom is 0.240 e. The normalized spacial score (nSPS) is 14.8. The molecule has 1 amide bonds. The van der Waals surface area contributed by atoms with E-state index in [0.717, 1.165) is 35.3 Å². The third-order valence-corrected chi connectivity index (χ3v) is 3.66. The Bertz CT molecular complexity index is 631. The summed E-state index contributed by atoms with van der Waals surface area (Å²) in [6, 6.07) is 6.35. The molecule has 0 atom stereocenters. The van der Waals surface area contributed by atoms with Crippen LogP contribution in [0.25, 0.3) is 11.0 Å². The maximum atomic E-state index is 12.0. The average molecular weight is 278 g/mol. The molecule has 1 aliphatic carbocycles. The quantitative estimate of drug-likeness (QED) is 0.872. The number of fused-ring (bicyclic) bond motifs is 1. The molecule has 1 saturated carbocycles. The van der Waals surface area contributed by atoms with Gasteiger partial charge >= 0.3 is 0 Å². The van der Waals surface area contributed by atoms with Crippen molar-refractivity contribution in [2.45, 2.75) is 38.2 Å². The zero-order valence-electron chi connectivity index (χ0n) is 10.8. The fraction of sp³-hybridized carbons (Fsp3) is 0.429. The fourth-order valence-electron chi connectivity index (χ4n) is 2.26. The van der Waals surface area contributed by atoms with Crippen LogP contribution in [0.3, 0.4) is 0 Å². The van der Waals surface area contributed by atoms with Gasteiger partial charge in [-0.3, -0.25) is 4.79 Å². The van der Waals surface area contributed by atoms with E-state index >= 15 is 0 Å². The molecule has 4 nitrogen and oxygen atoms in total. The van der Waals surface area contributed by atoms with Crippen molar-refractivity contribution >= 4 is 28.5 Å². The molecule has 0 aliphatic heterocycles. The van der Waals surface area contributed by atoms with Crippen LogP contribution in [0, 0.1) is 6.92 Å². The van der Waals surface area contributed by atoms with Gasteiger partial charge in [0, 0.05) is 6.04 Å². The van der Waals surface area contributed by atoms with Gasteiger partial charge in [0.05, 0.1) is 16.9 Å². The minimum absolute atomic E-state index is 0.0367. The van der Waals surface area contributed by atoms with Crippen molar-refractivity contribution in [1.29, 1.82) is 0 Å². The summed E-state index contributed by atoms with van der Waals surface area (Å²) in [5.41, 5.74) is 3.00. The molecule has 0 spiro atoms. The third kappa shape index (κ3) is 2.45. The first-order valence-corrected chi connectivity index (χ1v) is 7.02. The molecule has 1 aliphatic rings. The molecular formula is C14H16ClN3O. The summed E-state index contributed by atoms with van der Waals surface area (Å²) in [5.74, 6) is 1.09. The zero-order chi connectivity index (χ0) is 13.4. The molecule has 1 N–H and O–H groups in total. The highest BCUT2D eigenvalue weighted by Crippen LogP contribution is 2.22. The Labute approximate surface area is 116 Å². The average Bonchev–Trinajstić information content (AvgIpc) is 3.12. The van der Waals surface area contributed by atoms with Crippen molar-refractivity contribution in [2.24, 2.45) is 0 Å². The Hall–Kier alpha value is -1.55. The molecule has 1 aromatic heterocycles. The molecule has 1 fully saturated rings. The molecule has 0 saturated heterocycles. The van der Waals surface area contributed by atoms with Crippen LogP contribution in [0.5, 0.6) is 0 Å². The summed E-state index contributed by atoms with van der Waals surface area (Å²) >= 11 is 5.94. The van der Waals surface area contributed by atoms with Crippen LogP contribution in [0.1, 0.15) is 24.2 Å². The third-order valence-electron chi connectivity index (χ3n) is 3.42. The van der Waals surface area contributed by atoms with E-state index in [0.29, 0.717) is 18.5 Å².